The van der Waals surface area contributed by atoms with Crippen molar-refractivity contribution in [3.05, 3.63) is 54.1 Å². The Balaban J connectivity index is 1.94. The fraction of sp³-hybridized carbons (Fsp3) is 0.167. The number of benzene rings is 2. The number of hydrogen-bond donors (Lipinski definition) is 1. The average molecular weight is 359 g/mol. The molecular formula is C18H17NO5S. The topological polar surface area (TPSA) is 81.7 Å². The molecule has 0 fully saturated rings. The van der Waals surface area contributed by atoms with E-state index in [4.69, 9.17) is 9.47 Å². The lowest BCUT2D eigenvalue weighted by Gasteiger charge is -2.19. The first-order chi connectivity index (χ1) is 11.9. The molecule has 7 heteroatoms. The summed E-state index contributed by atoms with van der Waals surface area (Å²) in [6, 6.07) is 9.51. The molecule has 0 bridgehead atoms. The lowest BCUT2D eigenvalue weighted by Crippen LogP contribution is -2.18. The van der Waals surface area contributed by atoms with Crippen LogP contribution in [0.5, 0.6) is 11.5 Å². The van der Waals surface area contributed by atoms with Gasteiger partial charge in [0.1, 0.15) is 13.2 Å². The maximum Gasteiger partial charge on any atom is 0.257 e. The molecule has 1 aliphatic rings. The van der Waals surface area contributed by atoms with Gasteiger partial charge in [-0.15, -0.1) is 0 Å². The van der Waals surface area contributed by atoms with E-state index < -0.39 is 15.7 Å². The minimum absolute atomic E-state index is 0.0341. The highest BCUT2D eigenvalue weighted by Crippen LogP contribution is 2.33. The van der Waals surface area contributed by atoms with Crippen LogP contribution >= 0.6 is 0 Å². The van der Waals surface area contributed by atoms with Crippen LogP contribution in [0.25, 0.3) is 6.08 Å². The van der Waals surface area contributed by atoms with E-state index in [1.807, 2.05) is 0 Å². The van der Waals surface area contributed by atoms with Crippen LogP contribution in [-0.4, -0.2) is 33.8 Å². The smallest absolute Gasteiger partial charge is 0.257 e. The molecule has 0 saturated carbocycles. The van der Waals surface area contributed by atoms with E-state index in [0.29, 0.717) is 36.0 Å². The van der Waals surface area contributed by atoms with Crippen molar-refractivity contribution >= 4 is 27.5 Å². The van der Waals surface area contributed by atoms with Crippen LogP contribution in [0.2, 0.25) is 0 Å². The molecule has 0 aliphatic carbocycles. The molecule has 0 aromatic heterocycles. The first-order valence-corrected chi connectivity index (χ1v) is 9.45. The van der Waals surface area contributed by atoms with Gasteiger partial charge in [0.25, 0.3) is 5.91 Å². The molecule has 3 rings (SSSR count). The molecular weight excluding hydrogens is 342 g/mol. The van der Waals surface area contributed by atoms with Gasteiger partial charge in [0, 0.05) is 18.0 Å². The summed E-state index contributed by atoms with van der Waals surface area (Å²) in [6.45, 7) is 4.56. The van der Waals surface area contributed by atoms with E-state index in [-0.39, 0.29) is 10.5 Å². The van der Waals surface area contributed by atoms with Gasteiger partial charge in [-0.25, -0.2) is 8.42 Å². The van der Waals surface area contributed by atoms with E-state index >= 15 is 0 Å². The van der Waals surface area contributed by atoms with Gasteiger partial charge in [0.2, 0.25) is 0 Å². The molecule has 0 radical (unpaired) electrons. The zero-order valence-electron chi connectivity index (χ0n) is 13.6. The molecule has 1 aliphatic heterocycles. The van der Waals surface area contributed by atoms with Crippen molar-refractivity contribution in [3.63, 3.8) is 0 Å². The molecule has 2 aromatic rings. The zero-order chi connectivity index (χ0) is 18.0. The summed E-state index contributed by atoms with van der Waals surface area (Å²) >= 11 is 0. The summed E-state index contributed by atoms with van der Waals surface area (Å²) in [5.74, 6) is 0.614. The molecule has 0 unspecified atom stereocenters. The monoisotopic (exact) mass is 359 g/mol. The third kappa shape index (κ3) is 3.66. The quantitative estimate of drug-likeness (QED) is 0.908. The first-order valence-electron chi connectivity index (χ1n) is 7.56. The molecule has 130 valence electrons. The van der Waals surface area contributed by atoms with Gasteiger partial charge in [0.05, 0.1) is 10.5 Å². The Bertz CT molecular complexity index is 950. The molecule has 0 atom stereocenters. The van der Waals surface area contributed by atoms with Gasteiger partial charge in [-0.3, -0.25) is 4.79 Å². The second-order valence-corrected chi connectivity index (χ2v) is 7.53. The third-order valence-electron chi connectivity index (χ3n) is 3.68. The number of fused-ring (bicyclic) bond motifs is 1. The number of nitrogens with one attached hydrogen (secondary N) is 1. The lowest BCUT2D eigenvalue weighted by atomic mass is 10.1. The fourth-order valence-electron chi connectivity index (χ4n) is 2.49. The summed E-state index contributed by atoms with van der Waals surface area (Å²) in [5.41, 5.74) is 1.20. The Hall–Kier alpha value is -2.80. The van der Waals surface area contributed by atoms with Crippen molar-refractivity contribution < 1.29 is 22.7 Å². The normalized spacial score (nSPS) is 13.2. The third-order valence-corrected chi connectivity index (χ3v) is 4.84. The van der Waals surface area contributed by atoms with E-state index in [0.717, 1.165) is 6.26 Å². The zero-order valence-corrected chi connectivity index (χ0v) is 14.4. The SMILES string of the molecule is C=Cc1ccc(S(C)(=O)=O)c(C(=O)Nc2ccc3c(c2)OCCO3)c1. The second-order valence-electron chi connectivity index (χ2n) is 5.54. The van der Waals surface area contributed by atoms with E-state index in [1.165, 1.54) is 12.1 Å². The number of sulfone groups is 1. The first kappa shape index (κ1) is 17.0. The van der Waals surface area contributed by atoms with Gasteiger partial charge in [0.15, 0.2) is 21.3 Å². The summed E-state index contributed by atoms with van der Waals surface area (Å²) < 4.78 is 34.8. The van der Waals surface area contributed by atoms with Crippen LogP contribution in [0.15, 0.2) is 47.9 Å². The van der Waals surface area contributed by atoms with Crippen LogP contribution in [0.4, 0.5) is 5.69 Å². The van der Waals surface area contributed by atoms with Crippen molar-refractivity contribution in [3.8, 4) is 11.5 Å². The van der Waals surface area contributed by atoms with Crippen LogP contribution < -0.4 is 14.8 Å². The highest BCUT2D eigenvalue weighted by molar-refractivity contribution is 7.90. The minimum Gasteiger partial charge on any atom is -0.486 e. The predicted octanol–water partition coefficient (Wildman–Crippen LogP) is 2.76. The number of ether oxygens (including phenoxy) is 2. The molecule has 6 nitrogen and oxygen atoms in total. The van der Waals surface area contributed by atoms with Gasteiger partial charge in [-0.2, -0.15) is 0 Å². The number of carbonyl (C=O) groups is 1. The van der Waals surface area contributed by atoms with Crippen molar-refractivity contribution in [1.82, 2.24) is 0 Å². The standard InChI is InChI=1S/C18H17NO5S/c1-3-12-4-7-17(25(2,21)22)14(10-12)18(20)19-13-5-6-15-16(11-13)24-9-8-23-15/h3-7,10-11H,1,8-9H2,2H3,(H,19,20). The molecule has 25 heavy (non-hydrogen) atoms. The van der Waals surface area contributed by atoms with Crippen molar-refractivity contribution in [2.45, 2.75) is 4.90 Å². The average Bonchev–Trinajstić information content (AvgIpc) is 2.60. The van der Waals surface area contributed by atoms with Crippen LogP contribution in [0.1, 0.15) is 15.9 Å². The lowest BCUT2D eigenvalue weighted by molar-refractivity contribution is 0.102. The maximum atomic E-state index is 12.6. The molecule has 1 heterocycles. The molecule has 0 saturated heterocycles. The van der Waals surface area contributed by atoms with Gasteiger partial charge in [-0.1, -0.05) is 18.7 Å². The van der Waals surface area contributed by atoms with E-state index in [2.05, 4.69) is 11.9 Å². The van der Waals surface area contributed by atoms with E-state index in [9.17, 15) is 13.2 Å². The van der Waals surface area contributed by atoms with E-state index in [1.54, 1.807) is 30.3 Å². The highest BCUT2D eigenvalue weighted by Gasteiger charge is 2.20. The fourth-order valence-corrected chi connectivity index (χ4v) is 3.36. The molecule has 0 spiro atoms. The number of hydrogen-bond acceptors (Lipinski definition) is 5. The van der Waals surface area contributed by atoms with Crippen molar-refractivity contribution in [2.75, 3.05) is 24.8 Å². The summed E-state index contributed by atoms with van der Waals surface area (Å²) in [6.07, 6.45) is 2.61. The van der Waals surface area contributed by atoms with Gasteiger partial charge in [-0.05, 0) is 29.8 Å². The maximum absolute atomic E-state index is 12.6. The predicted molar refractivity (Wildman–Crippen MR) is 95.0 cm³/mol. The Kier molecular flexibility index (Phi) is 4.50. The minimum atomic E-state index is -3.55. The Morgan fingerprint density at radius 2 is 1.84 bits per heavy atom. The number of amides is 1. The Labute approximate surface area is 146 Å². The van der Waals surface area contributed by atoms with Crippen LogP contribution in [0, 0.1) is 0 Å². The number of carbonyl (C=O) groups excluding carboxylic acids is 1. The van der Waals surface area contributed by atoms with Gasteiger partial charge >= 0.3 is 0 Å². The van der Waals surface area contributed by atoms with Crippen molar-refractivity contribution in [1.29, 1.82) is 0 Å². The Morgan fingerprint density at radius 3 is 2.52 bits per heavy atom. The summed E-state index contributed by atoms with van der Waals surface area (Å²) in [5, 5.41) is 2.70. The molecule has 1 amide bonds. The molecule has 2 aromatic carbocycles. The van der Waals surface area contributed by atoms with Gasteiger partial charge < -0.3 is 14.8 Å². The number of rotatable bonds is 4. The van der Waals surface area contributed by atoms with Crippen LogP contribution in [-0.2, 0) is 9.84 Å². The summed E-state index contributed by atoms with van der Waals surface area (Å²) in [7, 11) is -3.55. The van der Waals surface area contributed by atoms with Crippen molar-refractivity contribution in [2.24, 2.45) is 0 Å². The number of anilines is 1. The summed E-state index contributed by atoms with van der Waals surface area (Å²) in [4.78, 5) is 12.6. The second kappa shape index (κ2) is 6.60. The largest absolute Gasteiger partial charge is 0.486 e. The Morgan fingerprint density at radius 1 is 1.12 bits per heavy atom. The molecule has 1 N–H and O–H groups in total. The highest BCUT2D eigenvalue weighted by atomic mass is 32.2. The van der Waals surface area contributed by atoms with Crippen LogP contribution in [0.3, 0.4) is 0 Å².